The second-order valence-corrected chi connectivity index (χ2v) is 12.1. The molecule has 0 aliphatic carbocycles. The molecule has 1 aromatic heterocycles. The highest BCUT2D eigenvalue weighted by Crippen LogP contribution is 2.38. The van der Waals surface area contributed by atoms with Crippen LogP contribution in [0.2, 0.25) is 0 Å². The standard InChI is InChI=1S/C28H29N3O10S2/c29-43(38,39)24-14-16-13-21(40-11-3-9-30-27(36)17-5-1-7-19(32)25(17)34)22(15-23(16)42-24)41-12-4-10-31-28(37)18-6-2-8-20(33)26(18)35/h1-2,5-8,13-15,32-35H,3-4,9-12H2,(H,30,36)(H,31,37)(H2,29,38,39). The number of phenolic OH excluding ortho intramolecular Hbond substituents is 4. The lowest BCUT2D eigenvalue weighted by molar-refractivity contribution is 0.0939. The van der Waals surface area contributed by atoms with Gasteiger partial charge in [0, 0.05) is 23.9 Å². The quantitative estimate of drug-likeness (QED) is 0.0845. The number of aromatic hydroxyl groups is 4. The van der Waals surface area contributed by atoms with E-state index in [1.165, 1.54) is 42.5 Å². The van der Waals surface area contributed by atoms with Crippen molar-refractivity contribution in [1.82, 2.24) is 10.6 Å². The van der Waals surface area contributed by atoms with Crippen LogP contribution < -0.4 is 25.2 Å². The highest BCUT2D eigenvalue weighted by atomic mass is 32.2. The average molecular weight is 632 g/mol. The first-order valence-electron chi connectivity index (χ1n) is 12.9. The number of rotatable bonds is 13. The van der Waals surface area contributed by atoms with Gasteiger partial charge in [0.15, 0.2) is 34.5 Å². The fourth-order valence-corrected chi connectivity index (χ4v) is 5.75. The molecule has 0 unspecified atom stereocenters. The summed E-state index contributed by atoms with van der Waals surface area (Å²) in [7, 11) is -3.92. The van der Waals surface area contributed by atoms with Crippen molar-refractivity contribution in [3.8, 4) is 34.5 Å². The van der Waals surface area contributed by atoms with Crippen LogP contribution in [0.5, 0.6) is 34.5 Å². The Morgan fingerprint density at radius 1 is 0.767 bits per heavy atom. The minimum atomic E-state index is -3.92. The molecule has 1 heterocycles. The van der Waals surface area contributed by atoms with Crippen molar-refractivity contribution in [2.45, 2.75) is 17.1 Å². The number of primary sulfonamides is 1. The Morgan fingerprint density at radius 3 is 1.74 bits per heavy atom. The summed E-state index contributed by atoms with van der Waals surface area (Å²) >= 11 is 0.975. The van der Waals surface area contributed by atoms with Crippen LogP contribution in [0.4, 0.5) is 0 Å². The fourth-order valence-electron chi connectivity index (χ4n) is 3.92. The molecule has 0 atom stereocenters. The largest absolute Gasteiger partial charge is 0.504 e. The zero-order chi connectivity index (χ0) is 31.1. The van der Waals surface area contributed by atoms with Crippen LogP contribution in [-0.4, -0.2) is 67.0 Å². The van der Waals surface area contributed by atoms with E-state index in [0.717, 1.165) is 11.3 Å². The SMILES string of the molecule is NS(=O)(=O)c1cc2cc(OCCCNC(=O)c3cccc(O)c3O)c(OCCCNC(=O)c3cccc(O)c3O)cc2s1. The predicted molar refractivity (Wildman–Crippen MR) is 158 cm³/mol. The number of hydrogen-bond acceptors (Lipinski definition) is 11. The molecule has 3 aromatic carbocycles. The summed E-state index contributed by atoms with van der Waals surface area (Å²) in [6.45, 7) is 0.666. The minimum absolute atomic E-state index is 0.0265. The number of hydrogen-bond donors (Lipinski definition) is 7. The van der Waals surface area contributed by atoms with Gasteiger partial charge in [0.1, 0.15) is 4.21 Å². The highest BCUT2D eigenvalue weighted by Gasteiger charge is 2.17. The van der Waals surface area contributed by atoms with Crippen molar-refractivity contribution in [1.29, 1.82) is 0 Å². The fraction of sp³-hybridized carbons (Fsp3) is 0.214. The molecular weight excluding hydrogens is 602 g/mol. The van der Waals surface area contributed by atoms with Crippen molar-refractivity contribution >= 4 is 43.3 Å². The number of phenols is 4. The van der Waals surface area contributed by atoms with Gasteiger partial charge in [-0.1, -0.05) is 12.1 Å². The van der Waals surface area contributed by atoms with Gasteiger partial charge in [0.05, 0.1) is 24.3 Å². The molecule has 0 aliphatic heterocycles. The topological polar surface area (TPSA) is 218 Å². The monoisotopic (exact) mass is 631 g/mol. The molecule has 8 N–H and O–H groups in total. The molecule has 4 aromatic rings. The third-order valence-electron chi connectivity index (χ3n) is 6.09. The van der Waals surface area contributed by atoms with Crippen molar-refractivity contribution in [2.24, 2.45) is 5.14 Å². The molecule has 0 radical (unpaired) electrons. The second kappa shape index (κ2) is 13.5. The number of ether oxygens (including phenoxy) is 2. The Kier molecular flexibility index (Phi) is 9.80. The van der Waals surface area contributed by atoms with E-state index in [4.69, 9.17) is 14.6 Å². The average Bonchev–Trinajstić information content (AvgIpc) is 3.39. The van der Waals surface area contributed by atoms with Crippen LogP contribution in [-0.2, 0) is 10.0 Å². The van der Waals surface area contributed by atoms with E-state index in [-0.39, 0.29) is 41.6 Å². The summed E-state index contributed by atoms with van der Waals surface area (Å²) in [6.07, 6.45) is 0.729. The van der Waals surface area contributed by atoms with E-state index in [1.807, 2.05) is 0 Å². The van der Waals surface area contributed by atoms with Gasteiger partial charge in [-0.05, 0) is 54.6 Å². The number of para-hydroxylation sites is 2. The Labute approximate surface area is 250 Å². The number of nitrogens with two attached hydrogens (primary N) is 1. The van der Waals surface area contributed by atoms with E-state index in [1.54, 1.807) is 12.1 Å². The Bertz CT molecular complexity index is 1640. The van der Waals surface area contributed by atoms with Gasteiger partial charge >= 0.3 is 0 Å². The lowest BCUT2D eigenvalue weighted by Gasteiger charge is -2.14. The molecule has 0 saturated heterocycles. The molecule has 0 saturated carbocycles. The Balaban J connectivity index is 1.36. The maximum absolute atomic E-state index is 12.3. The summed E-state index contributed by atoms with van der Waals surface area (Å²) in [5, 5.41) is 50.0. The van der Waals surface area contributed by atoms with Gasteiger partial charge in [-0.3, -0.25) is 9.59 Å². The van der Waals surface area contributed by atoms with Gasteiger partial charge < -0.3 is 40.5 Å². The number of nitrogens with one attached hydrogen (secondary N) is 2. The van der Waals surface area contributed by atoms with E-state index < -0.39 is 44.8 Å². The van der Waals surface area contributed by atoms with Crippen LogP contribution >= 0.6 is 11.3 Å². The molecule has 15 heteroatoms. The van der Waals surface area contributed by atoms with E-state index >= 15 is 0 Å². The molecule has 228 valence electrons. The summed E-state index contributed by atoms with van der Waals surface area (Å²) in [5.74, 6) is -2.35. The minimum Gasteiger partial charge on any atom is -0.504 e. The maximum atomic E-state index is 12.3. The molecule has 0 spiro atoms. The lowest BCUT2D eigenvalue weighted by Crippen LogP contribution is -2.25. The summed E-state index contributed by atoms with van der Waals surface area (Å²) in [6, 6.07) is 12.8. The van der Waals surface area contributed by atoms with Crippen LogP contribution in [0.25, 0.3) is 10.1 Å². The zero-order valence-electron chi connectivity index (χ0n) is 22.6. The van der Waals surface area contributed by atoms with Gasteiger partial charge in [0.2, 0.25) is 10.0 Å². The number of thiophene rings is 1. The Morgan fingerprint density at radius 2 is 1.26 bits per heavy atom. The molecule has 0 fully saturated rings. The van der Waals surface area contributed by atoms with Crippen LogP contribution in [0.15, 0.2) is 58.8 Å². The van der Waals surface area contributed by atoms with Crippen molar-refractivity contribution < 1.29 is 47.9 Å². The summed E-state index contributed by atoms with van der Waals surface area (Å²) in [5.41, 5.74) is -0.139. The van der Waals surface area contributed by atoms with Crippen LogP contribution in [0.1, 0.15) is 33.6 Å². The molecule has 43 heavy (non-hydrogen) atoms. The smallest absolute Gasteiger partial charge is 0.255 e. The molecular formula is C28H29N3O10S2. The lowest BCUT2D eigenvalue weighted by atomic mass is 10.1. The van der Waals surface area contributed by atoms with Gasteiger partial charge in [-0.2, -0.15) is 0 Å². The first-order valence-corrected chi connectivity index (χ1v) is 15.3. The number of carbonyl (C=O) groups excluding carboxylic acids is 2. The molecule has 2 amide bonds. The van der Waals surface area contributed by atoms with Crippen LogP contribution in [0.3, 0.4) is 0 Å². The van der Waals surface area contributed by atoms with E-state index in [0.29, 0.717) is 34.4 Å². The zero-order valence-corrected chi connectivity index (χ0v) is 24.2. The number of amides is 2. The number of benzene rings is 3. The number of sulfonamides is 1. The third kappa shape index (κ3) is 7.77. The van der Waals surface area contributed by atoms with Crippen molar-refractivity contribution in [3.63, 3.8) is 0 Å². The van der Waals surface area contributed by atoms with Crippen LogP contribution in [0, 0.1) is 0 Å². The third-order valence-corrected chi connectivity index (χ3v) is 8.61. The Hall–Kier alpha value is -4.73. The second-order valence-electron chi connectivity index (χ2n) is 9.21. The van der Waals surface area contributed by atoms with E-state index in [2.05, 4.69) is 10.6 Å². The van der Waals surface area contributed by atoms with Gasteiger partial charge in [-0.15, -0.1) is 11.3 Å². The molecule has 13 nitrogen and oxygen atoms in total. The van der Waals surface area contributed by atoms with Gasteiger partial charge in [-0.25, -0.2) is 13.6 Å². The first kappa shape index (κ1) is 31.2. The predicted octanol–water partition coefficient (Wildman–Crippen LogP) is 2.77. The molecule has 4 rings (SSSR count). The first-order chi connectivity index (χ1) is 20.5. The number of carbonyl (C=O) groups is 2. The van der Waals surface area contributed by atoms with Gasteiger partial charge in [0.25, 0.3) is 11.8 Å². The normalized spacial score (nSPS) is 11.3. The molecule has 0 bridgehead atoms. The maximum Gasteiger partial charge on any atom is 0.255 e. The van der Waals surface area contributed by atoms with E-state index in [9.17, 15) is 38.4 Å². The van der Waals surface area contributed by atoms with Crippen molar-refractivity contribution in [3.05, 3.63) is 65.7 Å². The molecule has 0 aliphatic rings. The van der Waals surface area contributed by atoms with Crippen molar-refractivity contribution in [2.75, 3.05) is 26.3 Å². The number of fused-ring (bicyclic) bond motifs is 1. The summed E-state index contributed by atoms with van der Waals surface area (Å²) in [4.78, 5) is 24.6. The highest BCUT2D eigenvalue weighted by molar-refractivity contribution is 7.91. The summed E-state index contributed by atoms with van der Waals surface area (Å²) < 4.78 is 36.0.